The average Bonchev–Trinajstić information content (AvgIpc) is 3.41. The topological polar surface area (TPSA) is 99.2 Å². The van der Waals surface area contributed by atoms with Crippen molar-refractivity contribution in [3.63, 3.8) is 0 Å². The van der Waals surface area contributed by atoms with Crippen molar-refractivity contribution in [3.8, 4) is 39.6 Å². The number of carboxylic acid groups (broad SMARTS) is 1. The Labute approximate surface area is 163 Å². The van der Waals surface area contributed by atoms with E-state index in [0.29, 0.717) is 17.0 Å². The Kier molecular flexibility index (Phi) is 4.62. The number of hydrogen-bond donors (Lipinski definition) is 0. The van der Waals surface area contributed by atoms with Crippen LogP contribution in [0.2, 0.25) is 0 Å². The van der Waals surface area contributed by atoms with Crippen LogP contribution in [-0.2, 0) is 0 Å². The Morgan fingerprint density at radius 2 is 2.07 bits per heavy atom. The molecule has 0 saturated carbocycles. The molecule has 0 N–H and O–H groups in total. The maximum atomic E-state index is 11.1. The van der Waals surface area contributed by atoms with Gasteiger partial charge in [0.2, 0.25) is 5.88 Å². The molecule has 0 aliphatic carbocycles. The van der Waals surface area contributed by atoms with Gasteiger partial charge in [0.15, 0.2) is 0 Å². The van der Waals surface area contributed by atoms with E-state index in [1.165, 1.54) is 35.8 Å². The van der Waals surface area contributed by atoms with E-state index < -0.39 is 5.97 Å². The van der Waals surface area contributed by atoms with Gasteiger partial charge in [-0.2, -0.15) is 5.26 Å². The van der Waals surface area contributed by atoms with Crippen LogP contribution in [0.1, 0.15) is 15.9 Å². The molecule has 3 heterocycles. The number of furan rings is 1. The molecule has 0 amide bonds. The number of pyridine rings is 1. The first-order chi connectivity index (χ1) is 13.7. The molecule has 0 fully saturated rings. The Morgan fingerprint density at radius 1 is 1.18 bits per heavy atom. The number of aromatic carboxylic acids is 1. The van der Waals surface area contributed by atoms with Gasteiger partial charge in [-0.15, -0.1) is 11.3 Å². The van der Waals surface area contributed by atoms with Crippen LogP contribution < -0.4 is 9.84 Å². The molecule has 0 bridgehead atoms. The monoisotopic (exact) mass is 387 g/mol. The maximum Gasteiger partial charge on any atom is 0.238 e. The number of nitrogens with zero attached hydrogens (tertiary/aromatic N) is 2. The molecule has 1 aromatic carbocycles. The number of carboxylic acids is 1. The zero-order valence-electron chi connectivity index (χ0n) is 14.3. The molecule has 0 saturated heterocycles. The molecule has 4 rings (SSSR count). The SMILES string of the molecule is N#Cc1c(-c2ccco2)cc(-c2cccs2)nc1Oc1cccc(C(=O)[O-])c1. The van der Waals surface area contributed by atoms with Crippen molar-refractivity contribution in [2.75, 3.05) is 0 Å². The highest BCUT2D eigenvalue weighted by atomic mass is 32.1. The van der Waals surface area contributed by atoms with Gasteiger partial charge in [-0.1, -0.05) is 18.2 Å². The molecule has 6 nitrogen and oxygen atoms in total. The number of rotatable bonds is 5. The van der Waals surface area contributed by atoms with Gasteiger partial charge in [0.25, 0.3) is 0 Å². The van der Waals surface area contributed by atoms with Crippen molar-refractivity contribution < 1.29 is 19.1 Å². The normalized spacial score (nSPS) is 10.4. The van der Waals surface area contributed by atoms with Crippen LogP contribution in [0, 0.1) is 11.3 Å². The highest BCUT2D eigenvalue weighted by Crippen LogP contribution is 2.36. The van der Waals surface area contributed by atoms with Gasteiger partial charge in [0.05, 0.1) is 22.8 Å². The lowest BCUT2D eigenvalue weighted by atomic mass is 10.1. The summed E-state index contributed by atoms with van der Waals surface area (Å²) >= 11 is 1.50. The van der Waals surface area contributed by atoms with E-state index in [1.807, 2.05) is 17.5 Å². The third kappa shape index (κ3) is 3.37. The number of nitriles is 1. The second-order valence-corrected chi connectivity index (χ2v) is 6.67. The number of thiophene rings is 1. The molecule has 28 heavy (non-hydrogen) atoms. The summed E-state index contributed by atoms with van der Waals surface area (Å²) in [6, 6.07) is 17.0. The Balaban J connectivity index is 1.87. The van der Waals surface area contributed by atoms with Crippen molar-refractivity contribution in [1.29, 1.82) is 5.26 Å². The largest absolute Gasteiger partial charge is 0.545 e. The van der Waals surface area contributed by atoms with Gasteiger partial charge in [0, 0.05) is 11.1 Å². The minimum atomic E-state index is -1.32. The third-order valence-corrected chi connectivity index (χ3v) is 4.83. The zero-order valence-corrected chi connectivity index (χ0v) is 15.1. The van der Waals surface area contributed by atoms with Crippen LogP contribution in [0.4, 0.5) is 0 Å². The van der Waals surface area contributed by atoms with Gasteiger partial charge in [-0.05, 0) is 41.8 Å². The summed E-state index contributed by atoms with van der Waals surface area (Å²) < 4.78 is 11.3. The van der Waals surface area contributed by atoms with E-state index >= 15 is 0 Å². The van der Waals surface area contributed by atoms with Crippen LogP contribution in [0.15, 0.2) is 70.7 Å². The van der Waals surface area contributed by atoms with Gasteiger partial charge < -0.3 is 19.1 Å². The summed E-state index contributed by atoms with van der Waals surface area (Å²) in [4.78, 5) is 16.5. The molecule has 136 valence electrons. The second kappa shape index (κ2) is 7.39. The molecular weight excluding hydrogens is 376 g/mol. The summed E-state index contributed by atoms with van der Waals surface area (Å²) in [5.41, 5.74) is 1.31. The van der Waals surface area contributed by atoms with Gasteiger partial charge in [0.1, 0.15) is 23.1 Å². The van der Waals surface area contributed by atoms with Crippen LogP contribution in [0.5, 0.6) is 11.6 Å². The molecule has 0 radical (unpaired) electrons. The average molecular weight is 387 g/mol. The lowest BCUT2D eigenvalue weighted by Crippen LogP contribution is -2.22. The molecule has 0 aliphatic heterocycles. The van der Waals surface area contributed by atoms with Crippen molar-refractivity contribution >= 4 is 17.3 Å². The van der Waals surface area contributed by atoms with Crippen LogP contribution in [0.3, 0.4) is 0 Å². The Bertz CT molecular complexity index is 1180. The fraction of sp³-hybridized carbons (Fsp3) is 0. The van der Waals surface area contributed by atoms with E-state index in [-0.39, 0.29) is 22.8 Å². The number of aromatic nitrogens is 1. The van der Waals surface area contributed by atoms with Crippen molar-refractivity contribution in [1.82, 2.24) is 4.98 Å². The first-order valence-corrected chi connectivity index (χ1v) is 9.06. The first-order valence-electron chi connectivity index (χ1n) is 8.18. The first kappa shape index (κ1) is 17.5. The number of benzene rings is 1. The van der Waals surface area contributed by atoms with Crippen molar-refractivity contribution in [2.24, 2.45) is 0 Å². The minimum absolute atomic E-state index is 0.0309. The highest BCUT2D eigenvalue weighted by Gasteiger charge is 2.19. The number of carbonyl (C=O) groups excluding carboxylic acids is 1. The quantitative estimate of drug-likeness (QED) is 0.511. The third-order valence-electron chi connectivity index (χ3n) is 3.94. The van der Waals surface area contributed by atoms with Gasteiger partial charge >= 0.3 is 0 Å². The molecule has 4 aromatic rings. The summed E-state index contributed by atoms with van der Waals surface area (Å²) in [5.74, 6) is -0.512. The highest BCUT2D eigenvalue weighted by molar-refractivity contribution is 7.13. The molecule has 7 heteroatoms. The molecule has 0 atom stereocenters. The van der Waals surface area contributed by atoms with Crippen molar-refractivity contribution in [2.45, 2.75) is 0 Å². The Morgan fingerprint density at radius 3 is 2.75 bits per heavy atom. The van der Waals surface area contributed by atoms with Gasteiger partial charge in [-0.25, -0.2) is 4.98 Å². The molecular formula is C21H11N2O4S-. The summed E-state index contributed by atoms with van der Waals surface area (Å²) in [5, 5.41) is 22.8. The van der Waals surface area contributed by atoms with E-state index in [4.69, 9.17) is 9.15 Å². The fourth-order valence-electron chi connectivity index (χ4n) is 2.68. The van der Waals surface area contributed by atoms with E-state index in [1.54, 1.807) is 24.3 Å². The predicted octanol–water partition coefficient (Wildman–Crippen LogP) is 4.10. The molecule has 0 unspecified atom stereocenters. The lowest BCUT2D eigenvalue weighted by molar-refractivity contribution is -0.255. The van der Waals surface area contributed by atoms with Crippen LogP contribution >= 0.6 is 11.3 Å². The number of ether oxygens (including phenoxy) is 1. The number of hydrogen-bond acceptors (Lipinski definition) is 7. The second-order valence-electron chi connectivity index (χ2n) is 5.72. The summed E-state index contributed by atoms with van der Waals surface area (Å²) in [6.45, 7) is 0. The summed E-state index contributed by atoms with van der Waals surface area (Å²) in [7, 11) is 0. The smallest absolute Gasteiger partial charge is 0.238 e. The molecule has 3 aromatic heterocycles. The number of carbonyl (C=O) groups is 1. The lowest BCUT2D eigenvalue weighted by Gasteiger charge is -2.12. The van der Waals surface area contributed by atoms with Gasteiger partial charge in [-0.3, -0.25) is 0 Å². The van der Waals surface area contributed by atoms with E-state index in [9.17, 15) is 15.2 Å². The maximum absolute atomic E-state index is 11.1. The van der Waals surface area contributed by atoms with E-state index in [2.05, 4.69) is 11.1 Å². The molecule has 0 spiro atoms. The van der Waals surface area contributed by atoms with Crippen LogP contribution in [0.25, 0.3) is 21.9 Å². The predicted molar refractivity (Wildman–Crippen MR) is 101 cm³/mol. The standard InChI is InChI=1S/C21H12N2O4S/c22-12-16-15(18-6-2-8-26-18)11-17(19-7-3-9-28-19)23-20(16)27-14-5-1-4-13(10-14)21(24)25/h1-11H,(H,24,25)/p-1. The Hall–Kier alpha value is -3.89. The minimum Gasteiger partial charge on any atom is -0.545 e. The van der Waals surface area contributed by atoms with Crippen molar-refractivity contribution in [3.05, 3.63) is 77.4 Å². The van der Waals surface area contributed by atoms with E-state index in [0.717, 1.165) is 4.88 Å². The van der Waals surface area contributed by atoms with Crippen LogP contribution in [-0.4, -0.2) is 11.0 Å². The fourth-order valence-corrected chi connectivity index (χ4v) is 3.36. The summed E-state index contributed by atoms with van der Waals surface area (Å²) in [6.07, 6.45) is 1.52. The zero-order chi connectivity index (χ0) is 19.5. The molecule has 0 aliphatic rings.